The molecule has 0 bridgehead atoms. The molecule has 1 saturated heterocycles. The van der Waals surface area contributed by atoms with Crippen LogP contribution in [0.4, 0.5) is 5.82 Å². The average molecular weight is 460 g/mol. The van der Waals surface area contributed by atoms with Crippen LogP contribution in [0.3, 0.4) is 0 Å². The lowest BCUT2D eigenvalue weighted by Crippen LogP contribution is -2.39. The molecule has 0 saturated carbocycles. The van der Waals surface area contributed by atoms with Gasteiger partial charge in [-0.05, 0) is 49.6 Å². The molecule has 3 aromatic rings. The van der Waals surface area contributed by atoms with Gasteiger partial charge < -0.3 is 21.8 Å². The lowest BCUT2D eigenvalue weighted by Gasteiger charge is -2.34. The second-order valence-electron chi connectivity index (χ2n) is 7.79. The number of primary amides is 1. The van der Waals surface area contributed by atoms with Crippen LogP contribution in [-0.2, 0) is 4.79 Å². The molecule has 3 heterocycles. The van der Waals surface area contributed by atoms with Gasteiger partial charge in [-0.1, -0.05) is 18.7 Å². The van der Waals surface area contributed by atoms with Crippen molar-refractivity contribution in [1.82, 2.24) is 24.8 Å². The summed E-state index contributed by atoms with van der Waals surface area (Å²) in [6, 6.07) is 9.36. The number of rotatable bonds is 6. The highest BCUT2D eigenvalue weighted by Crippen LogP contribution is 2.33. The Morgan fingerprint density at radius 1 is 1.15 bits per heavy atom. The number of carbonyl (C=O) groups is 3. The van der Waals surface area contributed by atoms with E-state index < -0.39 is 11.9 Å². The molecule has 2 aromatic heterocycles. The number of nitrogens with one attached hydrogen (secondary N) is 1. The van der Waals surface area contributed by atoms with Crippen molar-refractivity contribution in [1.29, 1.82) is 0 Å². The first-order valence-electron chi connectivity index (χ1n) is 10.7. The van der Waals surface area contributed by atoms with Gasteiger partial charge in [0.15, 0.2) is 17.3 Å². The molecule has 11 heteroatoms. The summed E-state index contributed by atoms with van der Waals surface area (Å²) in [5.41, 5.74) is 6.85. The molecule has 1 aliphatic rings. The third-order valence-corrected chi connectivity index (χ3v) is 5.66. The maximum atomic E-state index is 12.5. The normalized spacial score (nSPS) is 15.5. The van der Waals surface area contributed by atoms with Crippen LogP contribution in [0.15, 0.2) is 55.3 Å². The minimum atomic E-state index is -0.752. The highest BCUT2D eigenvalue weighted by Gasteiger charge is 2.33. The monoisotopic (exact) mass is 460 g/mol. The molecule has 4 rings (SSSR count). The number of nitrogen functional groups attached to an aromatic ring is 1. The van der Waals surface area contributed by atoms with Gasteiger partial charge in [0.05, 0.1) is 6.04 Å². The van der Waals surface area contributed by atoms with E-state index in [-0.39, 0.29) is 23.2 Å². The van der Waals surface area contributed by atoms with Crippen molar-refractivity contribution in [2.45, 2.75) is 25.3 Å². The van der Waals surface area contributed by atoms with Crippen LogP contribution in [-0.4, -0.2) is 49.0 Å². The van der Waals surface area contributed by atoms with Crippen LogP contribution in [0.2, 0.25) is 0 Å². The van der Waals surface area contributed by atoms with E-state index >= 15 is 0 Å². The summed E-state index contributed by atoms with van der Waals surface area (Å²) in [5.74, 6) is 5.59. The molecule has 1 aliphatic heterocycles. The van der Waals surface area contributed by atoms with Gasteiger partial charge in [-0.25, -0.2) is 9.66 Å². The molecular formula is C23H24N8O3. The quantitative estimate of drug-likeness (QED) is 0.372. The maximum Gasteiger partial charge on any atom is 0.269 e. The number of piperidine rings is 1. The Balaban J connectivity index is 1.66. The van der Waals surface area contributed by atoms with E-state index in [4.69, 9.17) is 11.6 Å². The number of benzene rings is 1. The number of imidazole rings is 1. The molecule has 174 valence electrons. The van der Waals surface area contributed by atoms with Gasteiger partial charge in [-0.3, -0.25) is 14.4 Å². The van der Waals surface area contributed by atoms with E-state index in [0.29, 0.717) is 35.7 Å². The van der Waals surface area contributed by atoms with E-state index in [9.17, 15) is 14.4 Å². The Morgan fingerprint density at radius 3 is 2.56 bits per heavy atom. The van der Waals surface area contributed by atoms with Crippen molar-refractivity contribution in [2.75, 3.05) is 17.7 Å². The molecule has 11 nitrogen and oxygen atoms in total. The van der Waals surface area contributed by atoms with E-state index in [1.807, 2.05) is 0 Å². The third kappa shape index (κ3) is 4.35. The zero-order chi connectivity index (χ0) is 24.2. The molecule has 3 amide bonds. The van der Waals surface area contributed by atoms with Gasteiger partial charge in [0.2, 0.25) is 5.91 Å². The molecule has 5 N–H and O–H groups in total. The Hall–Kier alpha value is -4.54. The van der Waals surface area contributed by atoms with Crippen molar-refractivity contribution in [3.8, 4) is 11.3 Å². The van der Waals surface area contributed by atoms with E-state index in [2.05, 4.69) is 27.1 Å². The molecule has 0 radical (unpaired) electrons. The van der Waals surface area contributed by atoms with Crippen molar-refractivity contribution in [3.05, 3.63) is 72.3 Å². The molecule has 1 unspecified atom stereocenters. The first kappa shape index (κ1) is 22.6. The fourth-order valence-corrected chi connectivity index (χ4v) is 4.04. The minimum absolute atomic E-state index is 0.0170. The van der Waals surface area contributed by atoms with Gasteiger partial charge in [0.25, 0.3) is 11.8 Å². The second kappa shape index (κ2) is 9.53. The standard InChI is InChI=1S/C23H24N8O3/c1-2-18(32)30-13-4-3-6-16(30)22-28-19(20(21(24)33)31(22)25)14-8-10-15(11-9-14)23(34)27-17-7-5-12-26-29-17/h2,5,7-12,16H,1,3-4,6,13,25H2,(H2,24,33)(H,27,29,34). The van der Waals surface area contributed by atoms with Gasteiger partial charge in [-0.2, -0.15) is 5.10 Å². The Bertz CT molecular complexity index is 1240. The van der Waals surface area contributed by atoms with Gasteiger partial charge in [-0.15, -0.1) is 5.10 Å². The summed E-state index contributed by atoms with van der Waals surface area (Å²) < 4.78 is 1.16. The highest BCUT2D eigenvalue weighted by atomic mass is 16.2. The van der Waals surface area contributed by atoms with Gasteiger partial charge in [0.1, 0.15) is 5.69 Å². The number of nitrogens with two attached hydrogens (primary N) is 2. The van der Waals surface area contributed by atoms with Gasteiger partial charge in [0, 0.05) is 23.9 Å². The van der Waals surface area contributed by atoms with E-state index in [1.165, 1.54) is 12.3 Å². The maximum absolute atomic E-state index is 12.5. The lowest BCUT2D eigenvalue weighted by atomic mass is 10.0. The SMILES string of the molecule is C=CC(=O)N1CCCCC1c1nc(-c2ccc(C(=O)Nc3cccnn3)cc2)c(C(N)=O)n1N. The number of hydrogen-bond acceptors (Lipinski definition) is 7. The fourth-order valence-electron chi connectivity index (χ4n) is 4.04. The number of aromatic nitrogens is 4. The predicted molar refractivity (Wildman–Crippen MR) is 125 cm³/mol. The third-order valence-electron chi connectivity index (χ3n) is 5.66. The van der Waals surface area contributed by atoms with Crippen molar-refractivity contribution in [3.63, 3.8) is 0 Å². The summed E-state index contributed by atoms with van der Waals surface area (Å²) in [6.45, 7) is 4.11. The molecule has 34 heavy (non-hydrogen) atoms. The average Bonchev–Trinajstić information content (AvgIpc) is 3.21. The molecular weight excluding hydrogens is 436 g/mol. The molecule has 1 atom stereocenters. The lowest BCUT2D eigenvalue weighted by molar-refractivity contribution is -0.129. The first-order chi connectivity index (χ1) is 16.4. The number of amides is 3. The molecule has 0 spiro atoms. The Kier molecular flexibility index (Phi) is 6.35. The smallest absolute Gasteiger partial charge is 0.269 e. The Labute approximate surface area is 195 Å². The summed E-state index contributed by atoms with van der Waals surface area (Å²) in [4.78, 5) is 43.4. The summed E-state index contributed by atoms with van der Waals surface area (Å²) in [7, 11) is 0. The first-order valence-corrected chi connectivity index (χ1v) is 10.7. The highest BCUT2D eigenvalue weighted by molar-refractivity contribution is 6.04. The molecule has 1 fully saturated rings. The van der Waals surface area contributed by atoms with Crippen LogP contribution >= 0.6 is 0 Å². The fraction of sp³-hybridized carbons (Fsp3) is 0.217. The number of nitrogens with zero attached hydrogens (tertiary/aromatic N) is 5. The number of likely N-dealkylation sites (tertiary alicyclic amines) is 1. The van der Waals surface area contributed by atoms with Crippen molar-refractivity contribution in [2.24, 2.45) is 5.73 Å². The second-order valence-corrected chi connectivity index (χ2v) is 7.79. The minimum Gasteiger partial charge on any atom is -0.364 e. The molecule has 0 aliphatic carbocycles. The Morgan fingerprint density at radius 2 is 1.91 bits per heavy atom. The van der Waals surface area contributed by atoms with E-state index in [1.54, 1.807) is 41.3 Å². The van der Waals surface area contributed by atoms with Crippen molar-refractivity contribution >= 4 is 23.5 Å². The van der Waals surface area contributed by atoms with E-state index in [0.717, 1.165) is 17.5 Å². The number of carbonyl (C=O) groups excluding carboxylic acids is 3. The summed E-state index contributed by atoms with van der Waals surface area (Å²) >= 11 is 0. The van der Waals surface area contributed by atoms with Crippen LogP contribution in [0, 0.1) is 0 Å². The van der Waals surface area contributed by atoms with Crippen LogP contribution in [0.1, 0.15) is 52.0 Å². The molecule has 1 aromatic carbocycles. The zero-order valence-corrected chi connectivity index (χ0v) is 18.3. The summed E-state index contributed by atoms with van der Waals surface area (Å²) in [5, 5.41) is 10.2. The topological polar surface area (TPSA) is 162 Å². The number of hydrogen-bond donors (Lipinski definition) is 3. The number of anilines is 1. The van der Waals surface area contributed by atoms with Crippen LogP contribution in [0.25, 0.3) is 11.3 Å². The largest absolute Gasteiger partial charge is 0.364 e. The zero-order valence-electron chi connectivity index (χ0n) is 18.3. The summed E-state index contributed by atoms with van der Waals surface area (Å²) in [6.07, 6.45) is 5.14. The van der Waals surface area contributed by atoms with Gasteiger partial charge >= 0.3 is 0 Å². The van der Waals surface area contributed by atoms with Crippen molar-refractivity contribution < 1.29 is 14.4 Å². The van der Waals surface area contributed by atoms with Crippen LogP contribution < -0.4 is 16.9 Å². The predicted octanol–water partition coefficient (Wildman–Crippen LogP) is 1.64. The van der Waals surface area contributed by atoms with Crippen LogP contribution in [0.5, 0.6) is 0 Å².